The summed E-state index contributed by atoms with van der Waals surface area (Å²) < 4.78 is 5.41. The molecule has 2 fully saturated rings. The lowest BCUT2D eigenvalue weighted by Crippen LogP contribution is -2.46. The van der Waals surface area contributed by atoms with Crippen LogP contribution in [0.3, 0.4) is 0 Å². The Morgan fingerprint density at radius 2 is 1.86 bits per heavy atom. The molecule has 0 spiro atoms. The highest BCUT2D eigenvalue weighted by molar-refractivity contribution is 4.87. The zero-order chi connectivity index (χ0) is 9.97. The first-order chi connectivity index (χ1) is 6.79. The Labute approximate surface area is 87.6 Å². The molecule has 1 heterocycles. The van der Waals surface area contributed by atoms with E-state index in [4.69, 9.17) is 4.74 Å². The molecule has 1 saturated carbocycles. The largest absolute Gasteiger partial charge is 0.379 e. The molecule has 2 nitrogen and oxygen atoms in total. The van der Waals surface area contributed by atoms with Gasteiger partial charge in [0.05, 0.1) is 13.2 Å². The summed E-state index contributed by atoms with van der Waals surface area (Å²) >= 11 is 0. The third kappa shape index (κ3) is 2.12. The minimum Gasteiger partial charge on any atom is -0.379 e. The Morgan fingerprint density at radius 1 is 1.14 bits per heavy atom. The van der Waals surface area contributed by atoms with Crippen LogP contribution in [0.4, 0.5) is 0 Å². The van der Waals surface area contributed by atoms with Crippen molar-refractivity contribution in [3.8, 4) is 0 Å². The maximum Gasteiger partial charge on any atom is 0.0594 e. The summed E-state index contributed by atoms with van der Waals surface area (Å²) in [6.45, 7) is 8.97. The molecule has 0 aromatic rings. The number of ether oxygens (including phenoxy) is 1. The van der Waals surface area contributed by atoms with E-state index in [1.165, 1.54) is 19.3 Å². The van der Waals surface area contributed by atoms with Gasteiger partial charge in [-0.3, -0.25) is 4.90 Å². The topological polar surface area (TPSA) is 12.5 Å². The van der Waals surface area contributed by atoms with Gasteiger partial charge in [0, 0.05) is 19.1 Å². The smallest absolute Gasteiger partial charge is 0.0594 e. The van der Waals surface area contributed by atoms with Crippen LogP contribution in [-0.2, 0) is 4.74 Å². The van der Waals surface area contributed by atoms with Crippen molar-refractivity contribution in [2.24, 2.45) is 11.8 Å². The maximum atomic E-state index is 5.41. The molecular formula is C12H23NO. The molecule has 0 amide bonds. The molecule has 0 radical (unpaired) electrons. The van der Waals surface area contributed by atoms with Gasteiger partial charge in [0.25, 0.3) is 0 Å². The van der Waals surface area contributed by atoms with E-state index in [1.807, 2.05) is 0 Å². The molecule has 1 aliphatic heterocycles. The fourth-order valence-electron chi connectivity index (χ4n) is 3.11. The predicted molar refractivity (Wildman–Crippen MR) is 58.4 cm³/mol. The fraction of sp³-hybridized carbons (Fsp3) is 1.00. The van der Waals surface area contributed by atoms with Crippen molar-refractivity contribution in [3.05, 3.63) is 0 Å². The van der Waals surface area contributed by atoms with Crippen molar-refractivity contribution < 1.29 is 4.74 Å². The molecule has 2 atom stereocenters. The van der Waals surface area contributed by atoms with Crippen LogP contribution < -0.4 is 0 Å². The number of hydrogen-bond acceptors (Lipinski definition) is 2. The second-order valence-electron chi connectivity index (χ2n) is 5.05. The summed E-state index contributed by atoms with van der Waals surface area (Å²) in [6.07, 6.45) is 4.30. The van der Waals surface area contributed by atoms with Gasteiger partial charge in [-0.05, 0) is 24.7 Å². The third-order valence-electron chi connectivity index (χ3n) is 3.90. The van der Waals surface area contributed by atoms with E-state index in [9.17, 15) is 0 Å². The molecular weight excluding hydrogens is 174 g/mol. The zero-order valence-electron chi connectivity index (χ0n) is 9.54. The summed E-state index contributed by atoms with van der Waals surface area (Å²) in [6, 6.07) is 0.860. The van der Waals surface area contributed by atoms with Crippen molar-refractivity contribution in [2.45, 2.75) is 39.2 Å². The molecule has 0 N–H and O–H groups in total. The van der Waals surface area contributed by atoms with Gasteiger partial charge in [0.2, 0.25) is 0 Å². The van der Waals surface area contributed by atoms with Crippen LogP contribution in [0.15, 0.2) is 0 Å². The molecule has 1 aliphatic carbocycles. The summed E-state index contributed by atoms with van der Waals surface area (Å²) in [4.78, 5) is 2.67. The van der Waals surface area contributed by atoms with E-state index >= 15 is 0 Å². The maximum absolute atomic E-state index is 5.41. The van der Waals surface area contributed by atoms with E-state index in [-0.39, 0.29) is 0 Å². The number of hydrogen-bond donors (Lipinski definition) is 0. The first-order valence-corrected chi connectivity index (χ1v) is 6.11. The van der Waals surface area contributed by atoms with Crippen molar-refractivity contribution >= 4 is 0 Å². The summed E-state index contributed by atoms with van der Waals surface area (Å²) in [7, 11) is 0. The SMILES string of the molecule is CC(C)[C@@H]1CCCC1N1CCOCC1. The minimum absolute atomic E-state index is 0.852. The fourth-order valence-corrected chi connectivity index (χ4v) is 3.11. The van der Waals surface area contributed by atoms with Crippen LogP contribution >= 0.6 is 0 Å². The van der Waals surface area contributed by atoms with Gasteiger partial charge >= 0.3 is 0 Å². The van der Waals surface area contributed by atoms with E-state index in [2.05, 4.69) is 18.7 Å². The number of rotatable bonds is 2. The van der Waals surface area contributed by atoms with Crippen LogP contribution in [0.5, 0.6) is 0 Å². The first-order valence-electron chi connectivity index (χ1n) is 6.11. The normalized spacial score (nSPS) is 35.4. The molecule has 0 bridgehead atoms. The highest BCUT2D eigenvalue weighted by Gasteiger charge is 2.34. The predicted octanol–water partition coefficient (Wildman–Crippen LogP) is 2.14. The standard InChI is InChI=1S/C12H23NO/c1-10(2)11-4-3-5-12(11)13-6-8-14-9-7-13/h10-12H,3-9H2,1-2H3/t11-,12?/m0/s1. The molecule has 82 valence electrons. The highest BCUT2D eigenvalue weighted by atomic mass is 16.5. The zero-order valence-corrected chi connectivity index (χ0v) is 9.54. The van der Waals surface area contributed by atoms with E-state index in [1.54, 1.807) is 0 Å². The summed E-state index contributed by atoms with van der Waals surface area (Å²) in [5, 5.41) is 0. The van der Waals surface area contributed by atoms with Crippen molar-refractivity contribution in [3.63, 3.8) is 0 Å². The molecule has 14 heavy (non-hydrogen) atoms. The Morgan fingerprint density at radius 3 is 2.50 bits per heavy atom. The Balaban J connectivity index is 1.94. The number of morpholine rings is 1. The average Bonchev–Trinajstić information content (AvgIpc) is 2.67. The van der Waals surface area contributed by atoms with E-state index in [0.29, 0.717) is 0 Å². The monoisotopic (exact) mass is 197 g/mol. The van der Waals surface area contributed by atoms with Crippen LogP contribution in [0, 0.1) is 11.8 Å². The van der Waals surface area contributed by atoms with Crippen molar-refractivity contribution in [2.75, 3.05) is 26.3 Å². The lowest BCUT2D eigenvalue weighted by Gasteiger charge is -2.37. The Hall–Kier alpha value is -0.0800. The lowest BCUT2D eigenvalue weighted by atomic mass is 9.90. The minimum atomic E-state index is 0.852. The number of nitrogens with zero attached hydrogens (tertiary/aromatic N) is 1. The van der Waals surface area contributed by atoms with Gasteiger partial charge in [-0.2, -0.15) is 0 Å². The second-order valence-corrected chi connectivity index (χ2v) is 5.05. The summed E-state index contributed by atoms with van der Waals surface area (Å²) in [5.41, 5.74) is 0. The quantitative estimate of drug-likeness (QED) is 0.672. The van der Waals surface area contributed by atoms with Crippen LogP contribution in [0.1, 0.15) is 33.1 Å². The van der Waals surface area contributed by atoms with Gasteiger partial charge in [0.15, 0.2) is 0 Å². The highest BCUT2D eigenvalue weighted by Crippen LogP contribution is 2.35. The Kier molecular flexibility index (Phi) is 3.45. The average molecular weight is 197 g/mol. The molecule has 1 saturated heterocycles. The molecule has 1 unspecified atom stereocenters. The molecule has 0 aromatic heterocycles. The van der Waals surface area contributed by atoms with E-state index < -0.39 is 0 Å². The van der Waals surface area contributed by atoms with Gasteiger partial charge in [-0.15, -0.1) is 0 Å². The van der Waals surface area contributed by atoms with Crippen LogP contribution in [0.25, 0.3) is 0 Å². The molecule has 2 rings (SSSR count). The van der Waals surface area contributed by atoms with Crippen LogP contribution in [0.2, 0.25) is 0 Å². The summed E-state index contributed by atoms with van der Waals surface area (Å²) in [5.74, 6) is 1.79. The van der Waals surface area contributed by atoms with Gasteiger partial charge in [0.1, 0.15) is 0 Å². The van der Waals surface area contributed by atoms with Crippen molar-refractivity contribution in [1.29, 1.82) is 0 Å². The third-order valence-corrected chi connectivity index (χ3v) is 3.90. The van der Waals surface area contributed by atoms with E-state index in [0.717, 1.165) is 44.2 Å². The van der Waals surface area contributed by atoms with Gasteiger partial charge < -0.3 is 4.74 Å². The molecule has 2 aliphatic rings. The first kappa shape index (κ1) is 10.4. The molecule has 0 aromatic carbocycles. The Bertz CT molecular complexity index is 175. The van der Waals surface area contributed by atoms with Crippen molar-refractivity contribution in [1.82, 2.24) is 4.90 Å². The van der Waals surface area contributed by atoms with Gasteiger partial charge in [-0.1, -0.05) is 20.3 Å². The lowest BCUT2D eigenvalue weighted by molar-refractivity contribution is 0.00348. The second kappa shape index (κ2) is 4.63. The van der Waals surface area contributed by atoms with Gasteiger partial charge in [-0.25, -0.2) is 0 Å². The van der Waals surface area contributed by atoms with Crippen LogP contribution in [-0.4, -0.2) is 37.2 Å². The molecule has 2 heteroatoms.